The van der Waals surface area contributed by atoms with Gasteiger partial charge in [-0.05, 0) is 55.2 Å². The summed E-state index contributed by atoms with van der Waals surface area (Å²) in [6, 6.07) is 12.2. The largest absolute Gasteiger partial charge is 0.454 e. The molecule has 1 aliphatic rings. The summed E-state index contributed by atoms with van der Waals surface area (Å²) >= 11 is 5.13. The molecule has 2 aromatic carbocycles. The van der Waals surface area contributed by atoms with Crippen LogP contribution in [0.5, 0.6) is 11.5 Å². The number of benzene rings is 2. The molecule has 4 rings (SSSR count). The normalized spacial score (nSPS) is 13.8. The number of pyridine rings is 1. The highest BCUT2D eigenvalue weighted by atomic mass is 32.1. The third kappa shape index (κ3) is 8.67. The number of nitrogens with zero attached hydrogens (tertiary/aromatic N) is 3. The highest BCUT2D eigenvalue weighted by Gasteiger charge is 2.16. The van der Waals surface area contributed by atoms with Crippen molar-refractivity contribution >= 4 is 40.8 Å². The van der Waals surface area contributed by atoms with Gasteiger partial charge in [0.05, 0.1) is 6.42 Å². The summed E-state index contributed by atoms with van der Waals surface area (Å²) in [4.78, 5) is 30.7. The van der Waals surface area contributed by atoms with Gasteiger partial charge in [-0.15, -0.1) is 0 Å². The Morgan fingerprint density at radius 2 is 1.74 bits per heavy atom. The molecular weight excluding hydrogens is 528 g/mol. The minimum Gasteiger partial charge on any atom is -0.454 e. The molecule has 0 aliphatic carbocycles. The van der Waals surface area contributed by atoms with Crippen LogP contribution in [0.4, 0.5) is 25.1 Å². The van der Waals surface area contributed by atoms with Crippen molar-refractivity contribution in [1.29, 1.82) is 0 Å². The molecule has 0 atom stereocenters. The molecule has 204 valence electrons. The molecule has 3 amide bonds. The maximum absolute atomic E-state index is 14.7. The predicted molar refractivity (Wildman–Crippen MR) is 146 cm³/mol. The van der Waals surface area contributed by atoms with Crippen LogP contribution in [0.1, 0.15) is 5.56 Å². The Kier molecular flexibility index (Phi) is 9.31. The molecule has 1 aliphatic heterocycles. The van der Waals surface area contributed by atoms with E-state index in [4.69, 9.17) is 17.0 Å². The maximum Gasteiger partial charge on any atom is 0.334 e. The number of halogens is 2. The van der Waals surface area contributed by atoms with E-state index in [0.29, 0.717) is 24.3 Å². The summed E-state index contributed by atoms with van der Waals surface area (Å²) in [6.07, 6.45) is 1.44. The molecule has 10 nitrogen and oxygen atoms in total. The molecule has 2 heterocycles. The van der Waals surface area contributed by atoms with E-state index >= 15 is 0 Å². The number of likely N-dealkylation sites (N-methyl/N-ethyl adjacent to an activating group) is 1. The van der Waals surface area contributed by atoms with E-state index in [2.05, 4.69) is 31.3 Å². The van der Waals surface area contributed by atoms with Crippen molar-refractivity contribution in [1.82, 2.24) is 25.6 Å². The van der Waals surface area contributed by atoms with Gasteiger partial charge in [0, 0.05) is 50.2 Å². The molecular formula is C26H27F2N7O3S. The quantitative estimate of drug-likeness (QED) is 0.328. The minimum atomic E-state index is -0.681. The van der Waals surface area contributed by atoms with E-state index in [-0.39, 0.29) is 28.9 Å². The van der Waals surface area contributed by atoms with Gasteiger partial charge in [0.15, 0.2) is 16.7 Å². The number of carbonyl (C=O) groups excluding carboxylic acids is 2. The van der Waals surface area contributed by atoms with Crippen LogP contribution in [-0.2, 0) is 11.2 Å². The van der Waals surface area contributed by atoms with Crippen molar-refractivity contribution in [3.63, 3.8) is 0 Å². The third-order valence-corrected chi connectivity index (χ3v) is 5.89. The van der Waals surface area contributed by atoms with Gasteiger partial charge in [-0.1, -0.05) is 12.1 Å². The number of urea groups is 1. The Bertz CT molecular complexity index is 1340. The molecule has 0 radical (unpaired) electrons. The lowest BCUT2D eigenvalue weighted by molar-refractivity contribution is -0.119. The van der Waals surface area contributed by atoms with Crippen LogP contribution in [0.3, 0.4) is 0 Å². The van der Waals surface area contributed by atoms with E-state index in [9.17, 15) is 18.4 Å². The molecule has 0 saturated carbocycles. The van der Waals surface area contributed by atoms with Gasteiger partial charge in [-0.3, -0.25) is 15.5 Å². The molecule has 4 N–H and O–H groups in total. The number of ether oxygens (including phenoxy) is 1. The molecule has 0 spiro atoms. The average Bonchev–Trinajstić information content (AvgIpc) is 2.88. The van der Waals surface area contributed by atoms with Crippen LogP contribution in [0, 0.1) is 11.6 Å². The van der Waals surface area contributed by atoms with E-state index < -0.39 is 23.6 Å². The SMILES string of the molecule is CN1CCN(NC(=O)Nc2cc(Oc3ccc(NC(=S)NC(=O)Cc4ccc(F)cc4)cc3F)ccn2)CC1. The van der Waals surface area contributed by atoms with Gasteiger partial charge in [0.25, 0.3) is 0 Å². The van der Waals surface area contributed by atoms with Gasteiger partial charge in [-0.25, -0.2) is 23.6 Å². The highest BCUT2D eigenvalue weighted by molar-refractivity contribution is 7.80. The Balaban J connectivity index is 1.28. The molecule has 0 bridgehead atoms. The molecule has 39 heavy (non-hydrogen) atoms. The second-order valence-electron chi connectivity index (χ2n) is 8.79. The molecule has 1 aromatic heterocycles. The summed E-state index contributed by atoms with van der Waals surface area (Å²) in [5.41, 5.74) is 3.69. The highest BCUT2D eigenvalue weighted by Crippen LogP contribution is 2.27. The first-order valence-corrected chi connectivity index (χ1v) is 12.4. The zero-order chi connectivity index (χ0) is 27.8. The summed E-state index contributed by atoms with van der Waals surface area (Å²) < 4.78 is 33.4. The number of hydrazine groups is 1. The average molecular weight is 556 g/mol. The van der Waals surface area contributed by atoms with E-state index in [0.717, 1.165) is 19.2 Å². The minimum absolute atomic E-state index is 0.00350. The lowest BCUT2D eigenvalue weighted by Gasteiger charge is -2.32. The number of aromatic nitrogens is 1. The Morgan fingerprint density at radius 3 is 2.46 bits per heavy atom. The number of hydrogen-bond donors (Lipinski definition) is 4. The Hall–Kier alpha value is -4.20. The second-order valence-corrected chi connectivity index (χ2v) is 9.19. The monoisotopic (exact) mass is 555 g/mol. The van der Waals surface area contributed by atoms with Crippen molar-refractivity contribution in [2.75, 3.05) is 43.9 Å². The molecule has 0 unspecified atom stereocenters. The fraction of sp³-hybridized carbons (Fsp3) is 0.231. The van der Waals surface area contributed by atoms with Gasteiger partial charge >= 0.3 is 6.03 Å². The van der Waals surface area contributed by atoms with Gasteiger partial charge in [-0.2, -0.15) is 0 Å². The van der Waals surface area contributed by atoms with E-state index in [1.165, 1.54) is 54.7 Å². The van der Waals surface area contributed by atoms with Crippen molar-refractivity contribution < 1.29 is 23.1 Å². The number of anilines is 2. The number of carbonyl (C=O) groups is 2. The Labute approximate surface area is 229 Å². The molecule has 3 aromatic rings. The summed E-state index contributed by atoms with van der Waals surface area (Å²) in [6.45, 7) is 3.11. The summed E-state index contributed by atoms with van der Waals surface area (Å²) in [7, 11) is 2.02. The molecule has 1 fully saturated rings. The first-order chi connectivity index (χ1) is 18.7. The van der Waals surface area contributed by atoms with Crippen molar-refractivity contribution in [3.8, 4) is 11.5 Å². The lowest BCUT2D eigenvalue weighted by atomic mass is 10.1. The number of rotatable bonds is 7. The van der Waals surface area contributed by atoms with E-state index in [1.807, 2.05) is 12.1 Å². The molecule has 1 saturated heterocycles. The second kappa shape index (κ2) is 13.0. The van der Waals surface area contributed by atoms with Crippen LogP contribution in [0.15, 0.2) is 60.8 Å². The summed E-state index contributed by atoms with van der Waals surface area (Å²) in [5, 5.41) is 9.68. The predicted octanol–water partition coefficient (Wildman–Crippen LogP) is 3.49. The van der Waals surface area contributed by atoms with Gasteiger partial charge in [0.1, 0.15) is 17.4 Å². The number of hydrogen-bond acceptors (Lipinski definition) is 7. The first kappa shape index (κ1) is 27.8. The number of thiocarbonyl (C=S) groups is 1. The summed E-state index contributed by atoms with van der Waals surface area (Å²) in [5.74, 6) is -1.04. The standard InChI is InChI=1S/C26H27F2N7O3S/c1-34-10-12-35(13-11-34)33-25(37)31-23-16-20(8-9-29-23)38-22-7-6-19(15-21(22)28)30-26(39)32-24(36)14-17-2-4-18(27)5-3-17/h2-9,15-16H,10-14H2,1H3,(H2,29,31,33,37)(H2,30,32,36,39). The van der Waals surface area contributed by atoms with Crippen LogP contribution < -0.4 is 26.1 Å². The third-order valence-electron chi connectivity index (χ3n) is 5.68. The zero-order valence-electron chi connectivity index (χ0n) is 21.0. The van der Waals surface area contributed by atoms with Gasteiger partial charge in [0.2, 0.25) is 5.91 Å². The lowest BCUT2D eigenvalue weighted by Crippen LogP contribution is -2.53. The first-order valence-electron chi connectivity index (χ1n) is 12.0. The van der Waals surface area contributed by atoms with Crippen LogP contribution in [0.2, 0.25) is 0 Å². The van der Waals surface area contributed by atoms with Crippen LogP contribution >= 0.6 is 12.2 Å². The smallest absolute Gasteiger partial charge is 0.334 e. The van der Waals surface area contributed by atoms with Crippen LogP contribution in [-0.4, -0.2) is 65.2 Å². The topological polar surface area (TPSA) is 111 Å². The fourth-order valence-electron chi connectivity index (χ4n) is 3.66. The number of amides is 3. The Morgan fingerprint density at radius 1 is 1.00 bits per heavy atom. The van der Waals surface area contributed by atoms with Crippen molar-refractivity contribution in [2.45, 2.75) is 6.42 Å². The van der Waals surface area contributed by atoms with Gasteiger partial charge < -0.3 is 20.3 Å². The maximum atomic E-state index is 14.7. The van der Waals surface area contributed by atoms with Crippen LogP contribution in [0.25, 0.3) is 0 Å². The van der Waals surface area contributed by atoms with Crippen molar-refractivity contribution in [2.24, 2.45) is 0 Å². The number of piperazine rings is 1. The fourth-order valence-corrected chi connectivity index (χ4v) is 3.89. The molecule has 13 heteroatoms. The number of nitrogens with one attached hydrogen (secondary N) is 4. The van der Waals surface area contributed by atoms with E-state index in [1.54, 1.807) is 0 Å². The van der Waals surface area contributed by atoms with Crippen molar-refractivity contribution in [3.05, 3.63) is 78.0 Å². The zero-order valence-corrected chi connectivity index (χ0v) is 21.9.